The van der Waals surface area contributed by atoms with Crippen LogP contribution >= 0.6 is 15.9 Å². The van der Waals surface area contributed by atoms with Gasteiger partial charge in [-0.2, -0.15) is 0 Å². The largest absolute Gasteiger partial charge is 0.394 e. The van der Waals surface area contributed by atoms with Gasteiger partial charge in [-0.1, -0.05) is 49.0 Å². The summed E-state index contributed by atoms with van der Waals surface area (Å²) in [5.41, 5.74) is -1.06. The lowest BCUT2D eigenvalue weighted by molar-refractivity contribution is -0.147. The Bertz CT molecular complexity index is 743. The van der Waals surface area contributed by atoms with Crippen LogP contribution in [0.2, 0.25) is 0 Å². The molecule has 3 saturated heterocycles. The van der Waals surface area contributed by atoms with Crippen LogP contribution in [0.5, 0.6) is 0 Å². The summed E-state index contributed by atoms with van der Waals surface area (Å²) >= 11 is 3.65. The van der Waals surface area contributed by atoms with E-state index in [0.29, 0.717) is 6.42 Å². The van der Waals surface area contributed by atoms with E-state index in [1.807, 2.05) is 13.8 Å². The molecule has 0 aromatic carbocycles. The molecule has 3 amide bonds. The fourth-order valence-corrected chi connectivity index (χ4v) is 7.28. The lowest BCUT2D eigenvalue weighted by Crippen LogP contribution is -2.60. The molecule has 1 saturated carbocycles. The van der Waals surface area contributed by atoms with Crippen molar-refractivity contribution in [3.05, 3.63) is 0 Å². The maximum atomic E-state index is 13.8. The van der Waals surface area contributed by atoms with Gasteiger partial charge in [0, 0.05) is 17.9 Å². The molecular weight excluding hydrogens is 466 g/mol. The highest BCUT2D eigenvalue weighted by Crippen LogP contribution is 2.60. The molecule has 0 aromatic heterocycles. The zero-order valence-corrected chi connectivity index (χ0v) is 20.1. The average molecular weight is 500 g/mol. The number of amides is 3. The van der Waals surface area contributed by atoms with E-state index in [0.717, 1.165) is 25.7 Å². The molecular formula is C22H34BrN3O5. The highest BCUT2D eigenvalue weighted by Gasteiger charge is 2.77. The van der Waals surface area contributed by atoms with Gasteiger partial charge in [0.15, 0.2) is 0 Å². The van der Waals surface area contributed by atoms with E-state index in [-0.39, 0.29) is 41.1 Å². The van der Waals surface area contributed by atoms with Gasteiger partial charge in [-0.05, 0) is 25.2 Å². The van der Waals surface area contributed by atoms with E-state index < -0.39 is 35.6 Å². The first-order valence-corrected chi connectivity index (χ1v) is 12.4. The minimum Gasteiger partial charge on any atom is -0.394 e. The highest BCUT2D eigenvalue weighted by atomic mass is 79.9. The summed E-state index contributed by atoms with van der Waals surface area (Å²) in [6.45, 7) is 3.61. The number of ether oxygens (including phenoxy) is 1. The topological polar surface area (TPSA) is 108 Å². The Kier molecular flexibility index (Phi) is 6.40. The Morgan fingerprint density at radius 2 is 1.94 bits per heavy atom. The second-order valence-electron chi connectivity index (χ2n) is 9.86. The first-order chi connectivity index (χ1) is 14.8. The Hall–Kier alpha value is -1.19. The van der Waals surface area contributed by atoms with Crippen molar-refractivity contribution in [1.82, 2.24) is 15.5 Å². The fraction of sp³-hybridized carbons (Fsp3) is 0.864. The quantitative estimate of drug-likeness (QED) is 0.471. The standard InChI is InChI=1S/C22H34BrN3O5/c1-11(2)14(10-27)26-18(20(29)25-12-7-5-4-6-8-12)22-9-13(23)17(31-22)15(19(28)24-3)16(22)21(26)30/h11-18,27H,4-10H2,1-3H3,(H,24,28)(H,25,29)/t13?,14-,15+,16-,17+,18?,22?/m0/s1. The van der Waals surface area contributed by atoms with Gasteiger partial charge in [0.2, 0.25) is 17.7 Å². The van der Waals surface area contributed by atoms with Crippen molar-refractivity contribution in [3.8, 4) is 0 Å². The summed E-state index contributed by atoms with van der Waals surface area (Å²) in [6.07, 6.45) is 5.24. The van der Waals surface area contributed by atoms with Gasteiger partial charge in [0.1, 0.15) is 11.6 Å². The predicted molar refractivity (Wildman–Crippen MR) is 117 cm³/mol. The molecule has 8 nitrogen and oxygen atoms in total. The third kappa shape index (κ3) is 3.51. The molecule has 0 radical (unpaired) electrons. The number of halogens is 1. The number of rotatable bonds is 6. The third-order valence-corrected chi connectivity index (χ3v) is 8.63. The molecule has 3 unspecified atom stereocenters. The molecule has 1 spiro atoms. The summed E-state index contributed by atoms with van der Waals surface area (Å²) in [7, 11) is 1.55. The van der Waals surface area contributed by atoms with Gasteiger partial charge in [-0.25, -0.2) is 0 Å². The van der Waals surface area contributed by atoms with E-state index in [1.54, 1.807) is 11.9 Å². The van der Waals surface area contributed by atoms with Crippen molar-refractivity contribution >= 4 is 33.7 Å². The second kappa shape index (κ2) is 8.63. The van der Waals surface area contributed by atoms with Crippen molar-refractivity contribution in [3.63, 3.8) is 0 Å². The average Bonchev–Trinajstić information content (AvgIpc) is 3.32. The van der Waals surface area contributed by atoms with E-state index >= 15 is 0 Å². The third-order valence-electron chi connectivity index (χ3n) is 7.79. The molecule has 31 heavy (non-hydrogen) atoms. The van der Waals surface area contributed by atoms with Gasteiger partial charge < -0.3 is 25.4 Å². The number of nitrogens with zero attached hydrogens (tertiary/aromatic N) is 1. The van der Waals surface area contributed by atoms with Crippen LogP contribution in [0.1, 0.15) is 52.4 Å². The maximum absolute atomic E-state index is 13.8. The number of carbonyl (C=O) groups is 3. The van der Waals surface area contributed by atoms with Gasteiger partial charge in [0.25, 0.3) is 0 Å². The Morgan fingerprint density at radius 1 is 1.26 bits per heavy atom. The lowest BCUT2D eigenvalue weighted by Gasteiger charge is -2.39. The van der Waals surface area contributed by atoms with Crippen LogP contribution in [0.4, 0.5) is 0 Å². The Morgan fingerprint density at radius 3 is 2.52 bits per heavy atom. The molecule has 4 rings (SSSR count). The Balaban J connectivity index is 1.74. The maximum Gasteiger partial charge on any atom is 0.246 e. The molecule has 2 bridgehead atoms. The van der Waals surface area contributed by atoms with Crippen LogP contribution in [0, 0.1) is 17.8 Å². The number of aliphatic hydroxyl groups excluding tert-OH is 1. The zero-order chi connectivity index (χ0) is 22.5. The minimum absolute atomic E-state index is 0.0513. The van der Waals surface area contributed by atoms with E-state index in [2.05, 4.69) is 26.6 Å². The molecule has 7 atom stereocenters. The first kappa shape index (κ1) is 23.0. The molecule has 9 heteroatoms. The number of alkyl halides is 1. The van der Waals surface area contributed by atoms with Gasteiger partial charge >= 0.3 is 0 Å². The van der Waals surface area contributed by atoms with Crippen molar-refractivity contribution in [2.45, 2.75) is 87.0 Å². The monoisotopic (exact) mass is 499 g/mol. The van der Waals surface area contributed by atoms with Crippen LogP contribution in [0.15, 0.2) is 0 Å². The number of hydrogen-bond donors (Lipinski definition) is 3. The van der Waals surface area contributed by atoms with Crippen LogP contribution in [-0.4, -0.2) is 76.0 Å². The minimum atomic E-state index is -1.06. The fourth-order valence-electron chi connectivity index (χ4n) is 6.34. The van der Waals surface area contributed by atoms with E-state index in [4.69, 9.17) is 4.74 Å². The van der Waals surface area contributed by atoms with Gasteiger partial charge in [0.05, 0.1) is 30.6 Å². The van der Waals surface area contributed by atoms with Crippen LogP contribution < -0.4 is 10.6 Å². The van der Waals surface area contributed by atoms with E-state index in [9.17, 15) is 19.5 Å². The number of aliphatic hydroxyl groups is 1. The number of carbonyl (C=O) groups excluding carboxylic acids is 3. The molecule has 1 aliphatic carbocycles. The summed E-state index contributed by atoms with van der Waals surface area (Å²) in [5.74, 6) is -2.15. The predicted octanol–water partition coefficient (Wildman–Crippen LogP) is 0.946. The molecule has 0 aromatic rings. The summed E-state index contributed by atoms with van der Waals surface area (Å²) in [5, 5.41) is 16.0. The first-order valence-electron chi connectivity index (χ1n) is 11.5. The second-order valence-corrected chi connectivity index (χ2v) is 11.0. The molecule has 4 aliphatic rings. The molecule has 3 aliphatic heterocycles. The normalized spacial score (nSPS) is 38.5. The summed E-state index contributed by atoms with van der Waals surface area (Å²) in [6, 6.07) is -1.28. The number of hydrogen-bond acceptors (Lipinski definition) is 5. The SMILES string of the molecule is CNC(=O)[C@H]1[C@@H]2OC3(CC2Br)C(C(=O)NC2CCCCC2)N([C@@H](CO)C(C)C)C(=O)[C@H]13. The van der Waals surface area contributed by atoms with Crippen LogP contribution in [0.3, 0.4) is 0 Å². The van der Waals surface area contributed by atoms with Crippen molar-refractivity contribution in [2.75, 3.05) is 13.7 Å². The van der Waals surface area contributed by atoms with Gasteiger partial charge in [-0.15, -0.1) is 0 Å². The van der Waals surface area contributed by atoms with Crippen LogP contribution in [0.25, 0.3) is 0 Å². The molecule has 4 fully saturated rings. The Labute approximate surface area is 191 Å². The van der Waals surface area contributed by atoms with Crippen molar-refractivity contribution in [2.24, 2.45) is 17.8 Å². The summed E-state index contributed by atoms with van der Waals surface area (Å²) in [4.78, 5) is 41.7. The summed E-state index contributed by atoms with van der Waals surface area (Å²) < 4.78 is 6.42. The van der Waals surface area contributed by atoms with Crippen LogP contribution in [-0.2, 0) is 19.1 Å². The molecule has 174 valence electrons. The van der Waals surface area contributed by atoms with Crippen molar-refractivity contribution < 1.29 is 24.2 Å². The number of fused-ring (bicyclic) bond motifs is 1. The van der Waals surface area contributed by atoms with E-state index in [1.165, 1.54) is 6.42 Å². The highest BCUT2D eigenvalue weighted by molar-refractivity contribution is 9.09. The van der Waals surface area contributed by atoms with Gasteiger partial charge in [-0.3, -0.25) is 14.4 Å². The number of nitrogens with one attached hydrogen (secondary N) is 2. The molecule has 3 heterocycles. The molecule has 3 N–H and O–H groups in total. The number of likely N-dealkylation sites (tertiary alicyclic amines) is 1. The zero-order valence-electron chi connectivity index (χ0n) is 18.5. The van der Waals surface area contributed by atoms with Crippen molar-refractivity contribution in [1.29, 1.82) is 0 Å². The lowest BCUT2D eigenvalue weighted by atomic mass is 9.70. The smallest absolute Gasteiger partial charge is 0.246 e.